The monoisotopic (exact) mass is 276 g/mol. The second-order valence-electron chi connectivity index (χ2n) is 5.84. The molecule has 4 rings (SSSR count). The van der Waals surface area contributed by atoms with Crippen LogP contribution in [0, 0.1) is 0 Å². The van der Waals surface area contributed by atoms with Crippen molar-refractivity contribution in [2.75, 3.05) is 18.4 Å². The Morgan fingerprint density at radius 2 is 1.48 bits per heavy atom. The molecular formula is C19H20N2. The van der Waals surface area contributed by atoms with E-state index in [0.29, 0.717) is 0 Å². The minimum absolute atomic E-state index is 1.17. The van der Waals surface area contributed by atoms with Crippen LogP contribution in [0.25, 0.3) is 11.8 Å². The van der Waals surface area contributed by atoms with Crippen molar-refractivity contribution < 1.29 is 0 Å². The van der Waals surface area contributed by atoms with Crippen LogP contribution in [0.1, 0.15) is 30.4 Å². The second kappa shape index (κ2) is 5.28. The highest BCUT2D eigenvalue weighted by molar-refractivity contribution is 5.93. The van der Waals surface area contributed by atoms with Crippen LogP contribution in [0.2, 0.25) is 0 Å². The zero-order chi connectivity index (χ0) is 14.1. The van der Waals surface area contributed by atoms with Crippen molar-refractivity contribution in [1.82, 2.24) is 4.90 Å². The number of anilines is 2. The summed E-state index contributed by atoms with van der Waals surface area (Å²) in [4.78, 5) is 2.55. The molecule has 2 heteroatoms. The number of hydrogen-bond acceptors (Lipinski definition) is 2. The standard InChI is InChI=1S/C19H20N2/c1-6-12-21(13-7-1)19-14-15-8-2-4-10-17(15)20-18-11-5-3-9-16(18)19/h2-5,8-11,14,20H,1,6-7,12-13H2. The van der Waals surface area contributed by atoms with Gasteiger partial charge in [-0.25, -0.2) is 0 Å². The third kappa shape index (κ3) is 2.31. The number of hydrogen-bond donors (Lipinski definition) is 1. The molecule has 2 nitrogen and oxygen atoms in total. The number of nitrogens with one attached hydrogen (secondary N) is 1. The lowest BCUT2D eigenvalue weighted by atomic mass is 10.0. The highest BCUT2D eigenvalue weighted by Crippen LogP contribution is 2.37. The van der Waals surface area contributed by atoms with Gasteiger partial charge in [-0.3, -0.25) is 0 Å². The average molecular weight is 276 g/mol. The van der Waals surface area contributed by atoms with Crippen LogP contribution < -0.4 is 5.32 Å². The summed E-state index contributed by atoms with van der Waals surface area (Å²) >= 11 is 0. The van der Waals surface area contributed by atoms with Crippen LogP contribution in [0.4, 0.5) is 11.4 Å². The lowest BCUT2D eigenvalue weighted by Gasteiger charge is -2.31. The van der Waals surface area contributed by atoms with E-state index >= 15 is 0 Å². The van der Waals surface area contributed by atoms with Crippen LogP contribution in [-0.2, 0) is 0 Å². The molecule has 2 aliphatic heterocycles. The van der Waals surface area contributed by atoms with Crippen LogP contribution in [0.5, 0.6) is 0 Å². The molecule has 1 N–H and O–H groups in total. The van der Waals surface area contributed by atoms with E-state index in [1.165, 1.54) is 60.6 Å². The fourth-order valence-electron chi connectivity index (χ4n) is 3.32. The van der Waals surface area contributed by atoms with Gasteiger partial charge in [-0.2, -0.15) is 0 Å². The molecule has 106 valence electrons. The maximum Gasteiger partial charge on any atom is 0.0479 e. The van der Waals surface area contributed by atoms with Gasteiger partial charge in [-0.15, -0.1) is 0 Å². The van der Waals surface area contributed by atoms with E-state index in [1.54, 1.807) is 0 Å². The Labute approximate surface area is 126 Å². The number of nitrogens with zero attached hydrogens (tertiary/aromatic N) is 1. The highest BCUT2D eigenvalue weighted by Gasteiger charge is 2.20. The minimum Gasteiger partial charge on any atom is -0.371 e. The SMILES string of the molecule is C1=C(N2CCCCC2)c2ccccc2Nc2ccccc21. The summed E-state index contributed by atoms with van der Waals surface area (Å²) in [6.07, 6.45) is 6.31. The fraction of sp³-hybridized carbons (Fsp3) is 0.263. The van der Waals surface area contributed by atoms with Gasteiger partial charge in [0.25, 0.3) is 0 Å². The molecule has 2 aromatic carbocycles. The maximum absolute atomic E-state index is 3.59. The van der Waals surface area contributed by atoms with Gasteiger partial charge in [-0.1, -0.05) is 36.4 Å². The molecule has 0 spiro atoms. The average Bonchev–Trinajstić information content (AvgIpc) is 2.72. The molecule has 0 aromatic heterocycles. The number of piperidine rings is 1. The minimum atomic E-state index is 1.17. The number of benzene rings is 2. The first-order valence-electron chi connectivity index (χ1n) is 7.84. The van der Waals surface area contributed by atoms with Crippen molar-refractivity contribution >= 4 is 23.1 Å². The van der Waals surface area contributed by atoms with E-state index in [1.807, 2.05) is 0 Å². The lowest BCUT2D eigenvalue weighted by molar-refractivity contribution is 0.327. The normalized spacial score (nSPS) is 17.1. The van der Waals surface area contributed by atoms with Crippen LogP contribution >= 0.6 is 0 Å². The van der Waals surface area contributed by atoms with Crippen molar-refractivity contribution in [2.24, 2.45) is 0 Å². The molecule has 2 heterocycles. The van der Waals surface area contributed by atoms with Crippen molar-refractivity contribution in [3.05, 3.63) is 59.7 Å². The predicted octanol–water partition coefficient (Wildman–Crippen LogP) is 4.73. The highest BCUT2D eigenvalue weighted by atomic mass is 15.1. The quantitative estimate of drug-likeness (QED) is 0.810. The largest absolute Gasteiger partial charge is 0.371 e. The molecule has 0 radical (unpaired) electrons. The Balaban J connectivity index is 1.87. The first kappa shape index (κ1) is 12.5. The number of fused-ring (bicyclic) bond motifs is 2. The third-order valence-corrected chi connectivity index (χ3v) is 4.42. The number of likely N-dealkylation sites (tertiary alicyclic amines) is 1. The van der Waals surface area contributed by atoms with Gasteiger partial charge < -0.3 is 10.2 Å². The van der Waals surface area contributed by atoms with Gasteiger partial charge in [-0.05, 0) is 43.0 Å². The molecule has 21 heavy (non-hydrogen) atoms. The summed E-state index contributed by atoms with van der Waals surface area (Å²) in [5.74, 6) is 0. The van der Waals surface area contributed by atoms with E-state index in [0.717, 1.165) is 0 Å². The van der Waals surface area contributed by atoms with Crippen molar-refractivity contribution in [3.63, 3.8) is 0 Å². The van der Waals surface area contributed by atoms with Crippen LogP contribution in [-0.4, -0.2) is 18.0 Å². The molecule has 1 fully saturated rings. The first-order chi connectivity index (χ1) is 10.4. The summed E-state index contributed by atoms with van der Waals surface area (Å²) in [7, 11) is 0. The van der Waals surface area contributed by atoms with Crippen molar-refractivity contribution in [3.8, 4) is 0 Å². The molecule has 2 aromatic rings. The molecule has 0 amide bonds. The zero-order valence-corrected chi connectivity index (χ0v) is 12.2. The van der Waals surface area contributed by atoms with Crippen molar-refractivity contribution in [1.29, 1.82) is 0 Å². The Morgan fingerprint density at radius 3 is 2.33 bits per heavy atom. The molecular weight excluding hydrogens is 256 g/mol. The summed E-state index contributed by atoms with van der Waals surface area (Å²) in [6, 6.07) is 17.2. The first-order valence-corrected chi connectivity index (χ1v) is 7.84. The molecule has 2 aliphatic rings. The lowest BCUT2D eigenvalue weighted by Crippen LogP contribution is -2.28. The summed E-state index contributed by atoms with van der Waals surface area (Å²) in [5, 5.41) is 3.59. The summed E-state index contributed by atoms with van der Waals surface area (Å²) < 4.78 is 0. The fourth-order valence-corrected chi connectivity index (χ4v) is 3.32. The van der Waals surface area contributed by atoms with Gasteiger partial charge in [0.1, 0.15) is 0 Å². The molecule has 0 unspecified atom stereocenters. The van der Waals surface area contributed by atoms with Gasteiger partial charge in [0, 0.05) is 35.7 Å². The Bertz CT molecular complexity index is 681. The third-order valence-electron chi connectivity index (χ3n) is 4.42. The number of para-hydroxylation sites is 2. The van der Waals surface area contributed by atoms with Crippen molar-refractivity contribution in [2.45, 2.75) is 19.3 Å². The summed E-state index contributed by atoms with van der Waals surface area (Å²) in [6.45, 7) is 2.34. The van der Waals surface area contributed by atoms with E-state index in [9.17, 15) is 0 Å². The molecule has 0 bridgehead atoms. The second-order valence-corrected chi connectivity index (χ2v) is 5.84. The Hall–Kier alpha value is -2.22. The smallest absolute Gasteiger partial charge is 0.0479 e. The topological polar surface area (TPSA) is 15.3 Å². The van der Waals surface area contributed by atoms with Gasteiger partial charge in [0.2, 0.25) is 0 Å². The Morgan fingerprint density at radius 1 is 0.762 bits per heavy atom. The van der Waals surface area contributed by atoms with Crippen LogP contribution in [0.15, 0.2) is 48.5 Å². The molecule has 0 aliphatic carbocycles. The van der Waals surface area contributed by atoms with Gasteiger partial charge in [0.05, 0.1) is 0 Å². The van der Waals surface area contributed by atoms with E-state index < -0.39 is 0 Å². The summed E-state index contributed by atoms with van der Waals surface area (Å²) in [5.41, 5.74) is 6.35. The molecule has 0 saturated carbocycles. The number of rotatable bonds is 1. The van der Waals surface area contributed by atoms with E-state index in [-0.39, 0.29) is 0 Å². The van der Waals surface area contributed by atoms with E-state index in [4.69, 9.17) is 0 Å². The van der Waals surface area contributed by atoms with Gasteiger partial charge >= 0.3 is 0 Å². The van der Waals surface area contributed by atoms with Crippen LogP contribution in [0.3, 0.4) is 0 Å². The van der Waals surface area contributed by atoms with E-state index in [2.05, 4.69) is 64.8 Å². The molecule has 0 atom stereocenters. The maximum atomic E-state index is 3.59. The van der Waals surface area contributed by atoms with Gasteiger partial charge in [0.15, 0.2) is 0 Å². The predicted molar refractivity (Wildman–Crippen MR) is 89.5 cm³/mol. The molecule has 1 saturated heterocycles. The zero-order valence-electron chi connectivity index (χ0n) is 12.2. The Kier molecular flexibility index (Phi) is 3.15.